The van der Waals surface area contributed by atoms with E-state index in [1.54, 1.807) is 13.0 Å². The lowest BCUT2D eigenvalue weighted by molar-refractivity contribution is 0.0519. The number of nitrogens with one attached hydrogen (secondary N) is 2. The normalized spacial score (nSPS) is 20.5. The molecule has 2 heterocycles. The number of H-pyrrole nitrogens is 1. The van der Waals surface area contributed by atoms with Gasteiger partial charge in [0, 0.05) is 6.04 Å². The van der Waals surface area contributed by atoms with Gasteiger partial charge in [-0.15, -0.1) is 0 Å². The molecule has 1 saturated heterocycles. The Hall–Kier alpha value is -1.36. The van der Waals surface area contributed by atoms with Crippen molar-refractivity contribution in [2.45, 2.75) is 25.8 Å². The number of esters is 1. The lowest BCUT2D eigenvalue weighted by Crippen LogP contribution is -2.13. The summed E-state index contributed by atoms with van der Waals surface area (Å²) in [5.74, 6) is -0.363. The number of rotatable bonds is 3. The highest BCUT2D eigenvalue weighted by molar-refractivity contribution is 5.87. The standard InChI is InChI=1S/C10H15N3O2/c1-2-15-10(14)9-6-8(12-13-9)7-4-3-5-11-7/h6-7,11H,2-5H2,1H3,(H,12,13). The van der Waals surface area contributed by atoms with E-state index in [1.807, 2.05) is 0 Å². The Labute approximate surface area is 88.2 Å². The first kappa shape index (κ1) is 10.2. The van der Waals surface area contributed by atoms with E-state index in [4.69, 9.17) is 4.74 Å². The topological polar surface area (TPSA) is 67.0 Å². The van der Waals surface area contributed by atoms with Gasteiger partial charge in [-0.05, 0) is 32.4 Å². The fourth-order valence-corrected chi connectivity index (χ4v) is 1.77. The fraction of sp³-hybridized carbons (Fsp3) is 0.600. The van der Waals surface area contributed by atoms with Crippen LogP contribution >= 0.6 is 0 Å². The minimum Gasteiger partial charge on any atom is -0.461 e. The average molecular weight is 209 g/mol. The Morgan fingerprint density at radius 2 is 2.60 bits per heavy atom. The summed E-state index contributed by atoms with van der Waals surface area (Å²) < 4.78 is 4.86. The van der Waals surface area contributed by atoms with Crippen molar-refractivity contribution in [1.82, 2.24) is 15.5 Å². The van der Waals surface area contributed by atoms with Crippen molar-refractivity contribution in [3.63, 3.8) is 0 Å². The first-order valence-electron chi connectivity index (χ1n) is 5.27. The zero-order valence-corrected chi connectivity index (χ0v) is 8.75. The number of nitrogens with zero attached hydrogens (tertiary/aromatic N) is 1. The van der Waals surface area contributed by atoms with Gasteiger partial charge in [-0.25, -0.2) is 4.79 Å². The minimum atomic E-state index is -0.363. The van der Waals surface area contributed by atoms with Gasteiger partial charge in [-0.1, -0.05) is 0 Å². The number of hydrogen-bond acceptors (Lipinski definition) is 4. The molecule has 1 atom stereocenters. The zero-order chi connectivity index (χ0) is 10.7. The van der Waals surface area contributed by atoms with Gasteiger partial charge >= 0.3 is 5.97 Å². The summed E-state index contributed by atoms with van der Waals surface area (Å²) in [6.45, 7) is 3.19. The second-order valence-electron chi connectivity index (χ2n) is 3.58. The van der Waals surface area contributed by atoms with E-state index >= 15 is 0 Å². The maximum atomic E-state index is 11.3. The van der Waals surface area contributed by atoms with Crippen LogP contribution in [-0.2, 0) is 4.74 Å². The van der Waals surface area contributed by atoms with Crippen LogP contribution in [0.25, 0.3) is 0 Å². The lowest BCUT2D eigenvalue weighted by atomic mass is 10.1. The largest absolute Gasteiger partial charge is 0.461 e. The Morgan fingerprint density at radius 1 is 1.73 bits per heavy atom. The van der Waals surface area contributed by atoms with Crippen LogP contribution in [-0.4, -0.2) is 29.3 Å². The molecule has 0 saturated carbocycles. The van der Waals surface area contributed by atoms with Crippen LogP contribution in [0.4, 0.5) is 0 Å². The van der Waals surface area contributed by atoms with E-state index in [1.165, 1.54) is 6.42 Å². The number of carbonyl (C=O) groups is 1. The lowest BCUT2D eigenvalue weighted by Gasteiger charge is -2.05. The van der Waals surface area contributed by atoms with Crippen LogP contribution in [0.15, 0.2) is 6.07 Å². The molecule has 0 spiro atoms. The van der Waals surface area contributed by atoms with E-state index in [2.05, 4.69) is 15.5 Å². The van der Waals surface area contributed by atoms with Crippen molar-refractivity contribution in [2.24, 2.45) is 0 Å². The number of carbonyl (C=O) groups excluding carboxylic acids is 1. The van der Waals surface area contributed by atoms with E-state index in [0.717, 1.165) is 18.7 Å². The first-order chi connectivity index (χ1) is 7.31. The molecule has 15 heavy (non-hydrogen) atoms. The summed E-state index contributed by atoms with van der Waals surface area (Å²) in [6.07, 6.45) is 2.25. The van der Waals surface area contributed by atoms with Crippen LogP contribution < -0.4 is 5.32 Å². The molecule has 0 aromatic carbocycles. The van der Waals surface area contributed by atoms with Crippen molar-refractivity contribution in [3.8, 4) is 0 Å². The Morgan fingerprint density at radius 3 is 3.27 bits per heavy atom. The number of ether oxygens (including phenoxy) is 1. The number of aromatic amines is 1. The van der Waals surface area contributed by atoms with Crippen molar-refractivity contribution in [1.29, 1.82) is 0 Å². The van der Waals surface area contributed by atoms with Crippen LogP contribution in [0.2, 0.25) is 0 Å². The molecule has 2 N–H and O–H groups in total. The monoisotopic (exact) mass is 209 g/mol. The fourth-order valence-electron chi connectivity index (χ4n) is 1.77. The summed E-state index contributed by atoms with van der Waals surface area (Å²) in [6, 6.07) is 2.07. The molecule has 0 bridgehead atoms. The van der Waals surface area contributed by atoms with Crippen LogP contribution in [0.1, 0.15) is 42.0 Å². The highest BCUT2D eigenvalue weighted by Crippen LogP contribution is 2.21. The van der Waals surface area contributed by atoms with Gasteiger partial charge < -0.3 is 10.1 Å². The summed E-state index contributed by atoms with van der Waals surface area (Å²) in [5, 5.41) is 10.1. The number of aromatic nitrogens is 2. The summed E-state index contributed by atoms with van der Waals surface area (Å²) >= 11 is 0. The summed E-state index contributed by atoms with van der Waals surface area (Å²) in [7, 11) is 0. The second-order valence-corrected chi connectivity index (χ2v) is 3.58. The predicted octanol–water partition coefficient (Wildman–Crippen LogP) is 1.01. The molecule has 1 fully saturated rings. The predicted molar refractivity (Wildman–Crippen MR) is 54.5 cm³/mol. The van der Waals surface area contributed by atoms with Gasteiger partial charge in [0.15, 0.2) is 5.69 Å². The molecule has 0 amide bonds. The van der Waals surface area contributed by atoms with Crippen molar-refractivity contribution >= 4 is 5.97 Å². The third kappa shape index (κ3) is 2.18. The molecule has 5 heteroatoms. The van der Waals surface area contributed by atoms with E-state index in [0.29, 0.717) is 18.3 Å². The molecule has 1 aliphatic heterocycles. The minimum absolute atomic E-state index is 0.306. The van der Waals surface area contributed by atoms with Gasteiger partial charge in [-0.2, -0.15) is 5.10 Å². The summed E-state index contributed by atoms with van der Waals surface area (Å²) in [5.41, 5.74) is 1.33. The van der Waals surface area contributed by atoms with Gasteiger partial charge in [-0.3, -0.25) is 5.10 Å². The number of hydrogen-bond donors (Lipinski definition) is 2. The molecule has 1 unspecified atom stereocenters. The second kappa shape index (κ2) is 4.44. The maximum Gasteiger partial charge on any atom is 0.358 e. The van der Waals surface area contributed by atoms with Crippen LogP contribution in [0.3, 0.4) is 0 Å². The van der Waals surface area contributed by atoms with E-state index in [-0.39, 0.29) is 5.97 Å². The molecular formula is C10H15N3O2. The molecular weight excluding hydrogens is 194 g/mol. The van der Waals surface area contributed by atoms with Crippen molar-refractivity contribution in [3.05, 3.63) is 17.5 Å². The van der Waals surface area contributed by atoms with E-state index < -0.39 is 0 Å². The third-order valence-electron chi connectivity index (χ3n) is 2.52. The molecule has 2 rings (SSSR count). The smallest absolute Gasteiger partial charge is 0.358 e. The van der Waals surface area contributed by atoms with Crippen LogP contribution in [0, 0.1) is 0 Å². The highest BCUT2D eigenvalue weighted by Gasteiger charge is 2.20. The molecule has 0 radical (unpaired) electrons. The van der Waals surface area contributed by atoms with Gasteiger partial charge in [0.1, 0.15) is 0 Å². The first-order valence-corrected chi connectivity index (χ1v) is 5.27. The molecule has 82 valence electrons. The highest BCUT2D eigenvalue weighted by atomic mass is 16.5. The molecule has 1 aromatic rings. The molecule has 1 aromatic heterocycles. The quantitative estimate of drug-likeness (QED) is 0.729. The van der Waals surface area contributed by atoms with E-state index in [9.17, 15) is 4.79 Å². The van der Waals surface area contributed by atoms with Gasteiger partial charge in [0.2, 0.25) is 0 Å². The molecule has 1 aliphatic rings. The van der Waals surface area contributed by atoms with Crippen molar-refractivity contribution in [2.75, 3.05) is 13.2 Å². The summed E-state index contributed by atoms with van der Waals surface area (Å²) in [4.78, 5) is 11.3. The van der Waals surface area contributed by atoms with Crippen LogP contribution in [0.5, 0.6) is 0 Å². The maximum absolute atomic E-state index is 11.3. The molecule has 0 aliphatic carbocycles. The SMILES string of the molecule is CCOC(=O)c1cc(C2CCCN2)[nH]n1. The zero-order valence-electron chi connectivity index (χ0n) is 8.75. The van der Waals surface area contributed by atoms with Crippen molar-refractivity contribution < 1.29 is 9.53 Å². The molecule has 5 nitrogen and oxygen atoms in total. The Bertz CT molecular complexity index is 342. The third-order valence-corrected chi connectivity index (χ3v) is 2.52. The van der Waals surface area contributed by atoms with Gasteiger partial charge in [0.05, 0.1) is 12.3 Å². The van der Waals surface area contributed by atoms with Gasteiger partial charge in [0.25, 0.3) is 0 Å². The Kier molecular flexibility index (Phi) is 3.01. The Balaban J connectivity index is 2.06. The average Bonchev–Trinajstić information content (AvgIpc) is 2.89.